The van der Waals surface area contributed by atoms with E-state index in [1.54, 1.807) is 23.9 Å². The van der Waals surface area contributed by atoms with Crippen molar-refractivity contribution in [2.45, 2.75) is 70.1 Å². The van der Waals surface area contributed by atoms with Crippen molar-refractivity contribution in [3.05, 3.63) is 24.2 Å². The van der Waals surface area contributed by atoms with E-state index in [1.807, 2.05) is 6.26 Å². The molecule has 2 heterocycles. The molecule has 0 bridgehead atoms. The number of thioether (sulfide) groups is 1. The highest BCUT2D eigenvalue weighted by atomic mass is 32.2. The Hall–Kier alpha value is -1.47. The molecule has 1 fully saturated rings. The van der Waals surface area contributed by atoms with Crippen molar-refractivity contribution in [2.24, 2.45) is 0 Å². The topological polar surface area (TPSA) is 83.4 Å². The van der Waals surface area contributed by atoms with Gasteiger partial charge >= 0.3 is 0 Å². The van der Waals surface area contributed by atoms with E-state index in [0.717, 1.165) is 18.6 Å². The maximum absolute atomic E-state index is 12.9. The first kappa shape index (κ1) is 20.8. The molecule has 0 saturated carbocycles. The van der Waals surface area contributed by atoms with E-state index in [2.05, 4.69) is 43.6 Å². The summed E-state index contributed by atoms with van der Waals surface area (Å²) in [6.45, 7) is 8.60. The van der Waals surface area contributed by atoms with Gasteiger partial charge in [0.2, 0.25) is 5.91 Å². The zero-order valence-corrected chi connectivity index (χ0v) is 17.2. The van der Waals surface area contributed by atoms with E-state index in [1.165, 1.54) is 6.26 Å². The lowest BCUT2D eigenvalue weighted by molar-refractivity contribution is -0.124. The van der Waals surface area contributed by atoms with Gasteiger partial charge in [-0.25, -0.2) is 0 Å². The zero-order valence-electron chi connectivity index (χ0n) is 16.3. The second-order valence-corrected chi connectivity index (χ2v) is 9.28. The molecular formula is C19H31N3O3S. The Bertz CT molecular complexity index is 598. The summed E-state index contributed by atoms with van der Waals surface area (Å²) in [5, 5.41) is 9.58. The monoisotopic (exact) mass is 381 g/mol. The minimum Gasteiger partial charge on any atom is -0.459 e. The molecule has 0 unspecified atom stereocenters. The molecule has 1 aliphatic rings. The molecule has 1 aromatic heterocycles. The van der Waals surface area contributed by atoms with E-state index in [0.29, 0.717) is 6.42 Å². The first-order valence-corrected chi connectivity index (χ1v) is 10.4. The summed E-state index contributed by atoms with van der Waals surface area (Å²) in [6.07, 6.45) is 5.72. The molecule has 0 aromatic carbocycles. The summed E-state index contributed by atoms with van der Waals surface area (Å²) < 4.78 is 5.13. The van der Waals surface area contributed by atoms with Gasteiger partial charge in [0.25, 0.3) is 5.91 Å². The molecule has 2 rings (SSSR count). The van der Waals surface area contributed by atoms with Crippen molar-refractivity contribution in [3.8, 4) is 0 Å². The third-order valence-electron chi connectivity index (χ3n) is 4.51. The van der Waals surface area contributed by atoms with E-state index in [4.69, 9.17) is 4.42 Å². The minimum atomic E-state index is -0.568. The molecule has 26 heavy (non-hydrogen) atoms. The minimum absolute atomic E-state index is 0.0497. The molecule has 0 aliphatic carbocycles. The lowest BCUT2D eigenvalue weighted by Crippen LogP contribution is -2.63. The van der Waals surface area contributed by atoms with Crippen LogP contribution in [0.4, 0.5) is 0 Å². The fraction of sp³-hybridized carbons (Fsp3) is 0.684. The van der Waals surface area contributed by atoms with Crippen LogP contribution < -0.4 is 16.0 Å². The van der Waals surface area contributed by atoms with Gasteiger partial charge < -0.3 is 20.4 Å². The number of hydrogen-bond acceptors (Lipinski definition) is 5. The Morgan fingerprint density at radius 1 is 1.31 bits per heavy atom. The predicted molar refractivity (Wildman–Crippen MR) is 105 cm³/mol. The van der Waals surface area contributed by atoms with Crippen molar-refractivity contribution in [3.63, 3.8) is 0 Å². The third-order valence-corrected chi connectivity index (χ3v) is 5.16. The van der Waals surface area contributed by atoms with Gasteiger partial charge in [-0.15, -0.1) is 0 Å². The Balaban J connectivity index is 2.02. The quantitative estimate of drug-likeness (QED) is 0.676. The molecule has 1 saturated heterocycles. The van der Waals surface area contributed by atoms with Crippen molar-refractivity contribution >= 4 is 23.6 Å². The first-order chi connectivity index (χ1) is 12.1. The summed E-state index contributed by atoms with van der Waals surface area (Å²) >= 11 is 1.65. The zero-order chi connectivity index (χ0) is 19.4. The maximum atomic E-state index is 12.9. The lowest BCUT2D eigenvalue weighted by atomic mass is 9.79. The van der Waals surface area contributed by atoms with Crippen molar-refractivity contribution < 1.29 is 14.0 Å². The van der Waals surface area contributed by atoms with E-state index < -0.39 is 6.04 Å². The Morgan fingerprint density at radius 3 is 2.50 bits per heavy atom. The van der Waals surface area contributed by atoms with Gasteiger partial charge in [0.15, 0.2) is 5.76 Å². The Kier molecular flexibility index (Phi) is 6.80. The summed E-state index contributed by atoms with van der Waals surface area (Å²) in [7, 11) is 0. The van der Waals surface area contributed by atoms with Gasteiger partial charge in [0.05, 0.1) is 6.26 Å². The fourth-order valence-corrected chi connectivity index (χ4v) is 4.34. The number of hydrogen-bond donors (Lipinski definition) is 3. The number of piperidine rings is 1. The smallest absolute Gasteiger partial charge is 0.287 e. The van der Waals surface area contributed by atoms with E-state index in [-0.39, 0.29) is 34.7 Å². The molecule has 0 spiro atoms. The molecule has 6 nitrogen and oxygen atoms in total. The van der Waals surface area contributed by atoms with Gasteiger partial charge in [-0.2, -0.15) is 11.8 Å². The standard InChI is InChI=1S/C19H31N3O3S/c1-18(2)11-13(12-19(3,4)22-18)20-16(23)14(8-10-26-5)21-17(24)15-7-6-9-25-15/h6-7,9,13-14,22H,8,10-12H2,1-5H3,(H,20,23)(H,21,24)/t14-/m0/s1. The van der Waals surface area contributed by atoms with Gasteiger partial charge in [0.1, 0.15) is 6.04 Å². The molecule has 3 N–H and O–H groups in total. The van der Waals surface area contributed by atoms with Gasteiger partial charge in [-0.3, -0.25) is 9.59 Å². The van der Waals surface area contributed by atoms with Crippen LogP contribution in [0.25, 0.3) is 0 Å². The van der Waals surface area contributed by atoms with Gasteiger partial charge in [0, 0.05) is 17.1 Å². The maximum Gasteiger partial charge on any atom is 0.287 e. The van der Waals surface area contributed by atoms with Crippen LogP contribution in [-0.4, -0.2) is 47.0 Å². The molecule has 1 atom stereocenters. The normalized spacial score (nSPS) is 20.3. The van der Waals surface area contributed by atoms with Gasteiger partial charge in [-0.05, 0) is 71.1 Å². The van der Waals surface area contributed by atoms with E-state index in [9.17, 15) is 9.59 Å². The van der Waals surface area contributed by atoms with Gasteiger partial charge in [-0.1, -0.05) is 0 Å². The third kappa shape index (κ3) is 6.06. The van der Waals surface area contributed by atoms with Crippen molar-refractivity contribution in [2.75, 3.05) is 12.0 Å². The number of rotatable bonds is 7. The average Bonchev–Trinajstić information content (AvgIpc) is 3.02. The van der Waals surface area contributed by atoms with Crippen LogP contribution in [0.5, 0.6) is 0 Å². The highest BCUT2D eigenvalue weighted by Crippen LogP contribution is 2.28. The fourth-order valence-electron chi connectivity index (χ4n) is 3.87. The van der Waals surface area contributed by atoms with Crippen LogP contribution in [0.3, 0.4) is 0 Å². The molecule has 2 amide bonds. The van der Waals surface area contributed by atoms with Crippen LogP contribution in [0.2, 0.25) is 0 Å². The molecule has 146 valence electrons. The molecule has 1 aliphatic heterocycles. The number of carbonyl (C=O) groups excluding carboxylic acids is 2. The predicted octanol–water partition coefficient (Wildman–Crippen LogP) is 2.56. The molecule has 1 aromatic rings. The Morgan fingerprint density at radius 2 is 1.96 bits per heavy atom. The second kappa shape index (κ2) is 8.48. The first-order valence-electron chi connectivity index (χ1n) is 9.05. The largest absolute Gasteiger partial charge is 0.459 e. The second-order valence-electron chi connectivity index (χ2n) is 8.29. The summed E-state index contributed by atoms with van der Waals surface area (Å²) in [5.41, 5.74) is -0.0994. The highest BCUT2D eigenvalue weighted by Gasteiger charge is 2.38. The number of furan rings is 1. The van der Waals surface area contributed by atoms with Crippen LogP contribution >= 0.6 is 11.8 Å². The van der Waals surface area contributed by atoms with Crippen LogP contribution in [-0.2, 0) is 4.79 Å². The SMILES string of the molecule is CSCC[C@H](NC(=O)c1ccco1)C(=O)NC1CC(C)(C)NC(C)(C)C1. The van der Waals surface area contributed by atoms with E-state index >= 15 is 0 Å². The highest BCUT2D eigenvalue weighted by molar-refractivity contribution is 7.98. The van der Waals surface area contributed by atoms with Crippen molar-refractivity contribution in [1.82, 2.24) is 16.0 Å². The van der Waals surface area contributed by atoms with Crippen LogP contribution in [0.1, 0.15) is 57.5 Å². The molecule has 0 radical (unpaired) electrons. The molecular weight excluding hydrogens is 350 g/mol. The molecule has 7 heteroatoms. The van der Waals surface area contributed by atoms with Crippen LogP contribution in [0.15, 0.2) is 22.8 Å². The summed E-state index contributed by atoms with van der Waals surface area (Å²) in [6, 6.07) is 2.76. The Labute approximate surface area is 160 Å². The average molecular weight is 382 g/mol. The number of amides is 2. The van der Waals surface area contributed by atoms with Crippen molar-refractivity contribution in [1.29, 1.82) is 0 Å². The number of nitrogens with one attached hydrogen (secondary N) is 3. The number of carbonyl (C=O) groups is 2. The van der Waals surface area contributed by atoms with Crippen LogP contribution in [0, 0.1) is 0 Å². The summed E-state index contributed by atoms with van der Waals surface area (Å²) in [4.78, 5) is 25.1. The lowest BCUT2D eigenvalue weighted by Gasteiger charge is -2.46. The summed E-state index contributed by atoms with van der Waals surface area (Å²) in [5.74, 6) is 0.524.